The predicted molar refractivity (Wildman–Crippen MR) is 66.6 cm³/mol. The second-order valence-corrected chi connectivity index (χ2v) is 4.78. The average Bonchev–Trinajstić information content (AvgIpc) is 2.28. The van der Waals surface area contributed by atoms with Crippen LogP contribution in [0, 0.1) is 0 Å². The van der Waals surface area contributed by atoms with Gasteiger partial charge in [-0.05, 0) is 37.8 Å². The van der Waals surface area contributed by atoms with Gasteiger partial charge in [-0.1, -0.05) is 24.3 Å². The van der Waals surface area contributed by atoms with Crippen LogP contribution in [0.4, 0.5) is 0 Å². The van der Waals surface area contributed by atoms with Crippen molar-refractivity contribution in [3.8, 4) is 0 Å². The molecule has 0 radical (unpaired) electrons. The van der Waals surface area contributed by atoms with Gasteiger partial charge in [-0.15, -0.1) is 0 Å². The Hall–Kier alpha value is -0.860. The van der Waals surface area contributed by atoms with Crippen molar-refractivity contribution in [2.75, 3.05) is 13.7 Å². The number of ether oxygens (including phenoxy) is 1. The van der Waals surface area contributed by atoms with Gasteiger partial charge in [0, 0.05) is 20.1 Å². The van der Waals surface area contributed by atoms with E-state index in [0.717, 1.165) is 19.3 Å². The summed E-state index contributed by atoms with van der Waals surface area (Å²) < 4.78 is 5.40. The maximum Gasteiger partial charge on any atom is 0.0662 e. The zero-order chi connectivity index (χ0) is 12.0. The number of hydrogen-bond acceptors (Lipinski definition) is 2. The second kappa shape index (κ2) is 6.02. The summed E-state index contributed by atoms with van der Waals surface area (Å²) in [7, 11) is 1.75. The van der Waals surface area contributed by atoms with E-state index in [9.17, 15) is 0 Å². The van der Waals surface area contributed by atoms with Crippen LogP contribution in [-0.2, 0) is 17.6 Å². The molecule has 0 fully saturated rings. The molecule has 16 heavy (non-hydrogen) atoms. The smallest absolute Gasteiger partial charge is 0.0662 e. The van der Waals surface area contributed by atoms with Crippen LogP contribution in [0.15, 0.2) is 24.3 Å². The Morgan fingerprint density at radius 1 is 1.12 bits per heavy atom. The first-order chi connectivity index (χ1) is 7.57. The molecule has 1 rings (SSSR count). The van der Waals surface area contributed by atoms with E-state index in [4.69, 9.17) is 9.84 Å². The molecule has 2 heteroatoms. The summed E-state index contributed by atoms with van der Waals surface area (Å²) in [6, 6.07) is 8.56. The lowest BCUT2D eigenvalue weighted by molar-refractivity contribution is 0.0232. The summed E-state index contributed by atoms with van der Waals surface area (Å²) in [6.07, 6.45) is 2.71. The van der Waals surface area contributed by atoms with Gasteiger partial charge >= 0.3 is 0 Å². The van der Waals surface area contributed by atoms with Crippen LogP contribution < -0.4 is 0 Å². The Morgan fingerprint density at radius 2 is 1.69 bits per heavy atom. The Labute approximate surface area is 98.3 Å². The van der Waals surface area contributed by atoms with Crippen molar-refractivity contribution in [3.63, 3.8) is 0 Å². The average molecular weight is 222 g/mol. The van der Waals surface area contributed by atoms with Gasteiger partial charge in [-0.2, -0.15) is 0 Å². The molecule has 0 amide bonds. The normalized spacial score (nSPS) is 11.8. The van der Waals surface area contributed by atoms with E-state index in [-0.39, 0.29) is 12.2 Å². The van der Waals surface area contributed by atoms with E-state index in [1.165, 1.54) is 11.1 Å². The van der Waals surface area contributed by atoms with E-state index >= 15 is 0 Å². The highest BCUT2D eigenvalue weighted by atomic mass is 16.5. The van der Waals surface area contributed by atoms with Gasteiger partial charge in [0.2, 0.25) is 0 Å². The van der Waals surface area contributed by atoms with Gasteiger partial charge in [0.25, 0.3) is 0 Å². The maximum atomic E-state index is 8.75. The van der Waals surface area contributed by atoms with Crippen LogP contribution in [0.5, 0.6) is 0 Å². The molecule has 2 nitrogen and oxygen atoms in total. The molecular weight excluding hydrogens is 200 g/mol. The molecular formula is C14H22O2. The minimum Gasteiger partial charge on any atom is -0.396 e. The van der Waals surface area contributed by atoms with Crippen molar-refractivity contribution in [1.82, 2.24) is 0 Å². The molecule has 0 aromatic heterocycles. The Kier molecular flexibility index (Phi) is 4.97. The lowest BCUT2D eigenvalue weighted by atomic mass is 9.97. The quantitative estimate of drug-likeness (QED) is 0.801. The van der Waals surface area contributed by atoms with Gasteiger partial charge < -0.3 is 9.84 Å². The number of methoxy groups -OCH3 is 1. The van der Waals surface area contributed by atoms with Crippen LogP contribution >= 0.6 is 0 Å². The second-order valence-electron chi connectivity index (χ2n) is 4.78. The predicted octanol–water partition coefficient (Wildman–Crippen LogP) is 2.58. The van der Waals surface area contributed by atoms with Gasteiger partial charge in [0.05, 0.1) is 5.60 Å². The molecule has 1 aromatic carbocycles. The summed E-state index contributed by atoms with van der Waals surface area (Å²) in [6.45, 7) is 4.44. The molecule has 0 saturated carbocycles. The SMILES string of the molecule is COC(C)(C)Cc1ccc(CCCO)cc1. The van der Waals surface area contributed by atoms with Crippen molar-refractivity contribution in [2.45, 2.75) is 38.7 Å². The molecule has 1 aromatic rings. The van der Waals surface area contributed by atoms with Crippen LogP contribution in [0.3, 0.4) is 0 Å². The van der Waals surface area contributed by atoms with Crippen LogP contribution in [0.1, 0.15) is 31.4 Å². The number of rotatable bonds is 6. The molecule has 0 unspecified atom stereocenters. The third kappa shape index (κ3) is 4.33. The molecule has 1 N–H and O–H groups in total. The molecule has 0 bridgehead atoms. The molecule has 90 valence electrons. The molecule has 0 aliphatic heterocycles. The Bertz CT molecular complexity index is 301. The number of aliphatic hydroxyl groups excluding tert-OH is 1. The van der Waals surface area contributed by atoms with Crippen molar-refractivity contribution >= 4 is 0 Å². The number of benzene rings is 1. The topological polar surface area (TPSA) is 29.5 Å². The Balaban J connectivity index is 2.57. The number of hydrogen-bond donors (Lipinski definition) is 1. The van der Waals surface area contributed by atoms with Crippen molar-refractivity contribution < 1.29 is 9.84 Å². The van der Waals surface area contributed by atoms with Crippen molar-refractivity contribution in [1.29, 1.82) is 0 Å². The van der Waals surface area contributed by atoms with Gasteiger partial charge in [0.15, 0.2) is 0 Å². The standard InChI is InChI=1S/C14H22O2/c1-14(2,16-3)11-13-8-6-12(7-9-13)5-4-10-15/h6-9,15H,4-5,10-11H2,1-3H3. The van der Waals surface area contributed by atoms with Crippen LogP contribution in [0.2, 0.25) is 0 Å². The largest absolute Gasteiger partial charge is 0.396 e. The monoisotopic (exact) mass is 222 g/mol. The minimum atomic E-state index is -0.105. The maximum absolute atomic E-state index is 8.75. The van der Waals surface area contributed by atoms with Gasteiger partial charge in [-0.3, -0.25) is 0 Å². The Morgan fingerprint density at radius 3 is 2.19 bits per heavy atom. The first-order valence-electron chi connectivity index (χ1n) is 5.81. The zero-order valence-electron chi connectivity index (χ0n) is 10.5. The third-order valence-corrected chi connectivity index (χ3v) is 2.83. The van der Waals surface area contributed by atoms with E-state index in [1.54, 1.807) is 7.11 Å². The first kappa shape index (κ1) is 13.2. The molecule has 0 aliphatic rings. The molecule has 0 spiro atoms. The molecule has 0 aliphatic carbocycles. The fourth-order valence-electron chi connectivity index (χ4n) is 1.67. The lowest BCUT2D eigenvalue weighted by Crippen LogP contribution is -2.25. The highest BCUT2D eigenvalue weighted by molar-refractivity contribution is 5.23. The van der Waals surface area contributed by atoms with Crippen LogP contribution in [-0.4, -0.2) is 24.4 Å². The minimum absolute atomic E-state index is 0.105. The molecule has 0 saturated heterocycles. The zero-order valence-corrected chi connectivity index (χ0v) is 10.5. The summed E-state index contributed by atoms with van der Waals surface area (Å²) in [5.41, 5.74) is 2.47. The highest BCUT2D eigenvalue weighted by Crippen LogP contribution is 2.16. The van der Waals surface area contributed by atoms with Crippen molar-refractivity contribution in [2.24, 2.45) is 0 Å². The highest BCUT2D eigenvalue weighted by Gasteiger charge is 2.16. The summed E-state index contributed by atoms with van der Waals surface area (Å²) in [5, 5.41) is 8.75. The number of aliphatic hydroxyl groups is 1. The van der Waals surface area contributed by atoms with Gasteiger partial charge in [0.1, 0.15) is 0 Å². The van der Waals surface area contributed by atoms with E-state index in [1.807, 2.05) is 0 Å². The van der Waals surface area contributed by atoms with E-state index in [2.05, 4.69) is 38.1 Å². The molecule has 0 heterocycles. The van der Waals surface area contributed by atoms with Gasteiger partial charge in [-0.25, -0.2) is 0 Å². The summed E-state index contributed by atoms with van der Waals surface area (Å²) in [5.74, 6) is 0. The van der Waals surface area contributed by atoms with E-state index in [0.29, 0.717) is 0 Å². The van der Waals surface area contributed by atoms with Crippen molar-refractivity contribution in [3.05, 3.63) is 35.4 Å². The first-order valence-corrected chi connectivity index (χ1v) is 5.81. The summed E-state index contributed by atoms with van der Waals surface area (Å²) >= 11 is 0. The summed E-state index contributed by atoms with van der Waals surface area (Å²) in [4.78, 5) is 0. The molecule has 0 atom stereocenters. The fraction of sp³-hybridized carbons (Fsp3) is 0.571. The third-order valence-electron chi connectivity index (χ3n) is 2.83. The van der Waals surface area contributed by atoms with Crippen LogP contribution in [0.25, 0.3) is 0 Å². The fourth-order valence-corrected chi connectivity index (χ4v) is 1.67. The van der Waals surface area contributed by atoms with E-state index < -0.39 is 0 Å². The lowest BCUT2D eigenvalue weighted by Gasteiger charge is -2.22. The number of aryl methyl sites for hydroxylation is 1.